The molecule has 1 N–H and O–H groups in total. The maximum Gasteiger partial charge on any atom is 0.119 e. The summed E-state index contributed by atoms with van der Waals surface area (Å²) in [6, 6.07) is 13.8. The SMILES string of the molecule is CCOc1ccc(CNCCc2ccc(Cl)cc2Cl)cc1.Cl. The summed E-state index contributed by atoms with van der Waals surface area (Å²) in [6.45, 7) is 4.38. The van der Waals surface area contributed by atoms with Crippen molar-refractivity contribution in [2.24, 2.45) is 0 Å². The molecule has 0 spiro atoms. The Morgan fingerprint density at radius 3 is 2.41 bits per heavy atom. The minimum Gasteiger partial charge on any atom is -0.494 e. The molecule has 0 atom stereocenters. The maximum atomic E-state index is 6.15. The zero-order valence-electron chi connectivity index (χ0n) is 12.4. The van der Waals surface area contributed by atoms with Crippen molar-refractivity contribution >= 4 is 35.6 Å². The van der Waals surface area contributed by atoms with Gasteiger partial charge in [-0.1, -0.05) is 41.4 Å². The Hall–Kier alpha value is -0.930. The zero-order chi connectivity index (χ0) is 15.1. The van der Waals surface area contributed by atoms with Crippen molar-refractivity contribution in [1.29, 1.82) is 0 Å². The largest absolute Gasteiger partial charge is 0.494 e. The van der Waals surface area contributed by atoms with E-state index in [2.05, 4.69) is 17.4 Å². The predicted molar refractivity (Wildman–Crippen MR) is 96.7 cm³/mol. The average Bonchev–Trinajstić information content (AvgIpc) is 2.47. The lowest BCUT2D eigenvalue weighted by atomic mass is 10.1. The first kappa shape index (κ1) is 19.1. The molecular weight excluding hydrogens is 341 g/mol. The van der Waals surface area contributed by atoms with E-state index in [9.17, 15) is 0 Å². The lowest BCUT2D eigenvalue weighted by Crippen LogP contribution is -2.16. The fourth-order valence-corrected chi connectivity index (χ4v) is 2.55. The van der Waals surface area contributed by atoms with Crippen LogP contribution in [0, 0.1) is 0 Å². The van der Waals surface area contributed by atoms with Gasteiger partial charge in [-0.15, -0.1) is 12.4 Å². The lowest BCUT2D eigenvalue weighted by molar-refractivity contribution is 0.340. The van der Waals surface area contributed by atoms with E-state index in [-0.39, 0.29) is 12.4 Å². The smallest absolute Gasteiger partial charge is 0.119 e. The van der Waals surface area contributed by atoms with Gasteiger partial charge in [0.25, 0.3) is 0 Å². The first-order valence-corrected chi connectivity index (χ1v) is 7.81. The van der Waals surface area contributed by atoms with Gasteiger partial charge in [0.05, 0.1) is 6.61 Å². The van der Waals surface area contributed by atoms with Crippen molar-refractivity contribution in [3.05, 3.63) is 63.6 Å². The highest BCUT2D eigenvalue weighted by atomic mass is 35.5. The molecule has 5 heteroatoms. The summed E-state index contributed by atoms with van der Waals surface area (Å²) in [7, 11) is 0. The van der Waals surface area contributed by atoms with Crippen LogP contribution in [0.25, 0.3) is 0 Å². The first-order valence-electron chi connectivity index (χ1n) is 7.05. The predicted octanol–water partition coefficient (Wildman–Crippen LogP) is 5.15. The standard InChI is InChI=1S/C17H19Cl2NO.ClH/c1-2-21-16-7-3-13(4-8-16)12-20-10-9-14-5-6-15(18)11-17(14)19;/h3-8,11,20H,2,9-10,12H2,1H3;1H. The fourth-order valence-electron chi connectivity index (χ4n) is 2.05. The van der Waals surface area contributed by atoms with Crippen LogP contribution in [0.3, 0.4) is 0 Å². The number of nitrogens with one attached hydrogen (secondary N) is 1. The van der Waals surface area contributed by atoms with Gasteiger partial charge < -0.3 is 10.1 Å². The molecule has 2 aromatic carbocycles. The monoisotopic (exact) mass is 359 g/mol. The Labute approximate surface area is 148 Å². The van der Waals surface area contributed by atoms with Crippen LogP contribution in [-0.2, 0) is 13.0 Å². The summed E-state index contributed by atoms with van der Waals surface area (Å²) in [5.74, 6) is 0.911. The molecule has 2 nitrogen and oxygen atoms in total. The van der Waals surface area contributed by atoms with Crippen LogP contribution in [0.5, 0.6) is 5.75 Å². The molecule has 0 aliphatic rings. The number of hydrogen-bond donors (Lipinski definition) is 1. The van der Waals surface area contributed by atoms with Crippen molar-refractivity contribution in [2.45, 2.75) is 19.9 Å². The van der Waals surface area contributed by atoms with E-state index < -0.39 is 0 Å². The Morgan fingerprint density at radius 2 is 1.77 bits per heavy atom. The third-order valence-electron chi connectivity index (χ3n) is 3.15. The van der Waals surface area contributed by atoms with Crippen LogP contribution < -0.4 is 10.1 Å². The highest BCUT2D eigenvalue weighted by molar-refractivity contribution is 6.35. The highest BCUT2D eigenvalue weighted by Crippen LogP contribution is 2.21. The molecule has 2 rings (SSSR count). The molecule has 0 saturated carbocycles. The lowest BCUT2D eigenvalue weighted by Gasteiger charge is -2.08. The molecule has 2 aromatic rings. The van der Waals surface area contributed by atoms with Gasteiger partial charge in [-0.2, -0.15) is 0 Å². The normalized spacial score (nSPS) is 10.1. The molecule has 22 heavy (non-hydrogen) atoms. The number of halogens is 3. The molecule has 0 unspecified atom stereocenters. The van der Waals surface area contributed by atoms with Crippen LogP contribution in [0.15, 0.2) is 42.5 Å². The Bertz CT molecular complexity index is 573. The number of ether oxygens (including phenoxy) is 1. The number of rotatable bonds is 7. The van der Waals surface area contributed by atoms with Crippen LogP contribution in [0.4, 0.5) is 0 Å². The zero-order valence-corrected chi connectivity index (χ0v) is 14.8. The summed E-state index contributed by atoms with van der Waals surface area (Å²) >= 11 is 12.0. The van der Waals surface area contributed by atoms with Crippen molar-refractivity contribution in [3.8, 4) is 5.75 Å². The van der Waals surface area contributed by atoms with Crippen molar-refractivity contribution in [1.82, 2.24) is 5.32 Å². The number of benzene rings is 2. The minimum atomic E-state index is 0. The average molecular weight is 361 g/mol. The van der Waals surface area contributed by atoms with Crippen LogP contribution in [0.2, 0.25) is 10.0 Å². The molecule has 0 aliphatic carbocycles. The molecular formula is C17H20Cl3NO. The molecule has 120 valence electrons. The van der Waals surface area contributed by atoms with Gasteiger partial charge in [-0.25, -0.2) is 0 Å². The maximum absolute atomic E-state index is 6.15. The van der Waals surface area contributed by atoms with Crippen molar-refractivity contribution in [2.75, 3.05) is 13.2 Å². The van der Waals surface area contributed by atoms with E-state index in [1.807, 2.05) is 31.2 Å². The molecule has 0 saturated heterocycles. The van der Waals surface area contributed by atoms with Gasteiger partial charge in [0.15, 0.2) is 0 Å². The molecule has 0 aliphatic heterocycles. The van der Waals surface area contributed by atoms with E-state index >= 15 is 0 Å². The summed E-state index contributed by atoms with van der Waals surface area (Å²) < 4.78 is 5.42. The Kier molecular flexibility index (Phi) is 8.66. The van der Waals surface area contributed by atoms with Gasteiger partial charge in [0.1, 0.15) is 5.75 Å². The van der Waals surface area contributed by atoms with Gasteiger partial charge in [-0.05, 0) is 55.3 Å². The summed E-state index contributed by atoms with van der Waals surface area (Å²) in [4.78, 5) is 0. The fraction of sp³-hybridized carbons (Fsp3) is 0.294. The van der Waals surface area contributed by atoms with Gasteiger partial charge in [-0.3, -0.25) is 0 Å². The van der Waals surface area contributed by atoms with E-state index in [4.69, 9.17) is 27.9 Å². The summed E-state index contributed by atoms with van der Waals surface area (Å²) in [5, 5.41) is 4.81. The van der Waals surface area contributed by atoms with E-state index in [1.165, 1.54) is 5.56 Å². The summed E-state index contributed by atoms with van der Waals surface area (Å²) in [6.07, 6.45) is 0.882. The first-order chi connectivity index (χ1) is 10.2. The summed E-state index contributed by atoms with van der Waals surface area (Å²) in [5.41, 5.74) is 2.35. The van der Waals surface area contributed by atoms with Crippen molar-refractivity contribution in [3.63, 3.8) is 0 Å². The highest BCUT2D eigenvalue weighted by Gasteiger charge is 2.01. The molecule has 0 amide bonds. The second-order valence-corrected chi connectivity index (χ2v) is 5.58. The molecule has 0 heterocycles. The molecule has 0 fully saturated rings. The second kappa shape index (κ2) is 9.96. The van der Waals surface area contributed by atoms with Crippen LogP contribution in [0.1, 0.15) is 18.1 Å². The van der Waals surface area contributed by atoms with E-state index in [0.717, 1.165) is 35.8 Å². The third-order valence-corrected chi connectivity index (χ3v) is 3.74. The number of hydrogen-bond acceptors (Lipinski definition) is 2. The second-order valence-electron chi connectivity index (χ2n) is 4.74. The van der Waals surface area contributed by atoms with Gasteiger partial charge in [0, 0.05) is 16.6 Å². The van der Waals surface area contributed by atoms with Gasteiger partial charge in [0.2, 0.25) is 0 Å². The molecule has 0 aromatic heterocycles. The Morgan fingerprint density at radius 1 is 1.05 bits per heavy atom. The van der Waals surface area contributed by atoms with Crippen LogP contribution in [-0.4, -0.2) is 13.2 Å². The Balaban J connectivity index is 0.00000242. The third kappa shape index (κ3) is 6.05. The molecule has 0 radical (unpaired) electrons. The van der Waals surface area contributed by atoms with Crippen molar-refractivity contribution < 1.29 is 4.74 Å². The quantitative estimate of drug-likeness (QED) is 0.690. The molecule has 0 bridgehead atoms. The van der Waals surface area contributed by atoms with E-state index in [1.54, 1.807) is 6.07 Å². The minimum absolute atomic E-state index is 0. The van der Waals surface area contributed by atoms with Gasteiger partial charge >= 0.3 is 0 Å². The topological polar surface area (TPSA) is 21.3 Å². The van der Waals surface area contributed by atoms with Crippen LogP contribution >= 0.6 is 35.6 Å². The van der Waals surface area contributed by atoms with E-state index in [0.29, 0.717) is 11.6 Å².